The largest absolute Gasteiger partial charge is 0.477 e. The molecule has 17 heteroatoms. The lowest BCUT2D eigenvalue weighted by Gasteiger charge is -2.56. The summed E-state index contributed by atoms with van der Waals surface area (Å²) in [6, 6.07) is 29.2. The summed E-state index contributed by atoms with van der Waals surface area (Å²) in [5.74, 6) is -3.01. The number of fused-ring (bicyclic) bond motifs is 1. The van der Waals surface area contributed by atoms with Gasteiger partial charge in [-0.1, -0.05) is 78.9 Å². The van der Waals surface area contributed by atoms with E-state index < -0.39 is 52.2 Å². The van der Waals surface area contributed by atoms with Gasteiger partial charge in [-0.3, -0.25) is 19.3 Å². The molecule has 300 valence electrons. The Labute approximate surface area is 337 Å². The number of methoxy groups -OCH3 is 1. The van der Waals surface area contributed by atoms with Crippen LogP contribution in [0, 0.1) is 0 Å². The molecule has 3 aliphatic heterocycles. The van der Waals surface area contributed by atoms with Gasteiger partial charge < -0.3 is 29.6 Å². The number of nitrogens with zero attached hydrogens (tertiary/aromatic N) is 4. The normalized spacial score (nSPS) is 19.9. The Kier molecular flexibility index (Phi) is 12.7. The number of benzene rings is 3. The molecule has 3 aliphatic rings. The number of para-hydroxylation sites is 1. The molecule has 2 fully saturated rings. The molecule has 3 atom stereocenters. The second-order valence-corrected chi connectivity index (χ2v) is 14.5. The maximum atomic E-state index is 13.4. The zero-order valence-electron chi connectivity index (χ0n) is 31.7. The van der Waals surface area contributed by atoms with E-state index in [0.717, 1.165) is 14.8 Å². The minimum absolute atomic E-state index is 0.0740. The van der Waals surface area contributed by atoms with Gasteiger partial charge in [0.25, 0.3) is 11.6 Å². The monoisotopic (exact) mass is 808 g/mol. The predicted molar refractivity (Wildman–Crippen MR) is 213 cm³/mol. The highest BCUT2D eigenvalue weighted by Crippen LogP contribution is 2.49. The molecule has 0 radical (unpaired) electrons. The van der Waals surface area contributed by atoms with E-state index in [-0.39, 0.29) is 43.1 Å². The van der Waals surface area contributed by atoms with Crippen molar-refractivity contribution in [2.45, 2.75) is 36.6 Å². The molecule has 0 spiro atoms. The fraction of sp³-hybridized carbons (Fsp3) is 0.244. The maximum absolute atomic E-state index is 13.4. The third-order valence-electron chi connectivity index (χ3n) is 9.36. The van der Waals surface area contributed by atoms with Crippen LogP contribution in [0.15, 0.2) is 124 Å². The van der Waals surface area contributed by atoms with Crippen molar-refractivity contribution in [2.75, 3.05) is 32.1 Å². The number of hydrazone groups is 1. The fourth-order valence-electron chi connectivity index (χ4n) is 6.44. The number of ether oxygens (including phenoxy) is 2. The van der Waals surface area contributed by atoms with E-state index in [9.17, 15) is 33.9 Å². The third kappa shape index (κ3) is 8.80. The Morgan fingerprint density at radius 3 is 2.21 bits per heavy atom. The number of furan rings is 1. The van der Waals surface area contributed by atoms with Crippen LogP contribution in [-0.2, 0) is 35.1 Å². The van der Waals surface area contributed by atoms with Crippen LogP contribution in [0.1, 0.15) is 25.2 Å². The Morgan fingerprint density at radius 2 is 1.60 bits per heavy atom. The number of hydrogen-bond acceptors (Lipinski definition) is 11. The first-order valence-corrected chi connectivity index (χ1v) is 19.0. The van der Waals surface area contributed by atoms with Crippen molar-refractivity contribution >= 4 is 59.5 Å². The quantitative estimate of drug-likeness (QED) is 0.0784. The molecule has 4 aromatic rings. The number of carbonyl (C=O) groups excluding carboxylic acids is 5. The minimum atomic E-state index is -1.87. The van der Waals surface area contributed by atoms with Gasteiger partial charge in [0.2, 0.25) is 5.91 Å². The molecule has 0 bridgehead atoms. The number of amides is 6. The number of carboxylic acid groups (broad SMARTS) is 1. The Bertz CT molecular complexity index is 2200. The summed E-state index contributed by atoms with van der Waals surface area (Å²) in [6.45, 7) is 2.82. The fourth-order valence-corrected chi connectivity index (χ4v) is 7.94. The highest BCUT2D eigenvalue weighted by atomic mass is 32.2. The first-order chi connectivity index (χ1) is 27.9. The summed E-state index contributed by atoms with van der Waals surface area (Å²) >= 11 is 1.17. The number of imide groups is 1. The van der Waals surface area contributed by atoms with E-state index in [1.54, 1.807) is 43.3 Å². The second kappa shape index (κ2) is 18.0. The van der Waals surface area contributed by atoms with Gasteiger partial charge in [0.15, 0.2) is 0 Å². The van der Waals surface area contributed by atoms with E-state index in [0.29, 0.717) is 11.3 Å². The zero-order chi connectivity index (χ0) is 41.4. The molecule has 2 unspecified atom stereocenters. The molecular weight excluding hydrogens is 769 g/mol. The Morgan fingerprint density at radius 1 is 0.948 bits per heavy atom. The minimum Gasteiger partial charge on any atom is -0.477 e. The molecule has 3 aromatic carbocycles. The van der Waals surface area contributed by atoms with Crippen LogP contribution in [0.25, 0.3) is 11.1 Å². The molecule has 3 N–H and O–H groups in total. The number of urea groups is 2. The maximum Gasteiger partial charge on any atom is 0.352 e. The molecule has 58 heavy (non-hydrogen) atoms. The average Bonchev–Trinajstić information content (AvgIpc) is 3.89. The van der Waals surface area contributed by atoms with Gasteiger partial charge >= 0.3 is 24.0 Å². The highest BCUT2D eigenvalue weighted by molar-refractivity contribution is 8.00. The Balaban J connectivity index is 0.000000400. The lowest BCUT2D eigenvalue weighted by atomic mass is 9.96. The first-order valence-electron chi connectivity index (χ1n) is 18.0. The molecule has 16 nitrogen and oxygen atoms in total. The van der Waals surface area contributed by atoms with Crippen LogP contribution in [0.3, 0.4) is 0 Å². The van der Waals surface area contributed by atoms with Crippen LogP contribution in [0.2, 0.25) is 0 Å². The molecule has 1 aromatic heterocycles. The molecule has 0 saturated carbocycles. The number of aliphatic carboxylic acids is 1. The van der Waals surface area contributed by atoms with Gasteiger partial charge in [-0.25, -0.2) is 24.3 Å². The van der Waals surface area contributed by atoms with E-state index in [1.165, 1.54) is 49.4 Å². The van der Waals surface area contributed by atoms with Crippen molar-refractivity contribution in [3.8, 4) is 11.1 Å². The number of anilines is 1. The summed E-state index contributed by atoms with van der Waals surface area (Å²) in [6.07, 6.45) is 2.53. The van der Waals surface area contributed by atoms with E-state index in [1.807, 2.05) is 12.1 Å². The third-order valence-corrected chi connectivity index (χ3v) is 10.9. The highest BCUT2D eigenvalue weighted by Gasteiger charge is 2.67. The standard InChI is InChI=1S/C29H30N6O10S.C12H10/c1-16-20(15-45-17(2)36)23(24(38)39)35-25(40)29(43-3,26(35)46-16)32-22(37)13-18-7-4-5-9-21(18)31-27(41)33-10-11-34(28(33)42)30-14-19-8-6-12-44-19;1-3-7-11(8-4-1)12-9-5-2-6-10-12/h4-9,12,14,16,26H,10-11,13,15H2,1-3H3,(H,31,41)(H,32,37)(H,38,39);1-10H/t16?,26-,29?;/m0./s1. The van der Waals surface area contributed by atoms with Gasteiger partial charge in [0, 0.05) is 30.5 Å². The zero-order valence-corrected chi connectivity index (χ0v) is 32.5. The number of β-lactam (4-membered cyclic amide) rings is 1. The average molecular weight is 809 g/mol. The number of thioether (sulfide) groups is 1. The summed E-state index contributed by atoms with van der Waals surface area (Å²) in [5, 5.41) is 19.0. The SMILES string of the molecule is COC1(NC(=O)Cc2ccccc2NC(=O)N2CCN(N=Cc3ccco3)C2=O)C(=O)N2C(C(=O)O)=C(COC(C)=O)C(C)S[C@H]21.c1ccc(-c2ccccc2)cc1. The number of nitrogens with one attached hydrogen (secondary N) is 2. The number of hydrogen-bond donors (Lipinski definition) is 3. The summed E-state index contributed by atoms with van der Waals surface area (Å²) in [7, 11) is 1.22. The van der Waals surface area contributed by atoms with Gasteiger partial charge in [-0.2, -0.15) is 5.10 Å². The smallest absolute Gasteiger partial charge is 0.352 e. The van der Waals surface area contributed by atoms with Crippen molar-refractivity contribution < 1.29 is 47.8 Å². The van der Waals surface area contributed by atoms with Crippen molar-refractivity contribution in [1.82, 2.24) is 20.1 Å². The lowest BCUT2D eigenvalue weighted by molar-refractivity contribution is -0.192. The number of carbonyl (C=O) groups is 6. The Hall–Kier alpha value is -6.72. The molecule has 0 aliphatic carbocycles. The number of esters is 1. The second-order valence-electron chi connectivity index (χ2n) is 13.1. The number of rotatable bonds is 11. The summed E-state index contributed by atoms with van der Waals surface area (Å²) < 4.78 is 15.7. The summed E-state index contributed by atoms with van der Waals surface area (Å²) in [4.78, 5) is 78.1. The van der Waals surface area contributed by atoms with Gasteiger partial charge in [-0.05, 0) is 41.8 Å². The van der Waals surface area contributed by atoms with Crippen molar-refractivity contribution in [3.63, 3.8) is 0 Å². The van der Waals surface area contributed by atoms with Crippen LogP contribution in [0.4, 0.5) is 15.3 Å². The van der Waals surface area contributed by atoms with E-state index in [2.05, 4.69) is 64.3 Å². The van der Waals surface area contributed by atoms with Crippen molar-refractivity contribution in [1.29, 1.82) is 0 Å². The van der Waals surface area contributed by atoms with Gasteiger partial charge in [0.1, 0.15) is 23.4 Å². The van der Waals surface area contributed by atoms with Crippen LogP contribution < -0.4 is 10.6 Å². The van der Waals surface area contributed by atoms with Gasteiger partial charge in [0.05, 0.1) is 32.0 Å². The lowest BCUT2D eigenvalue weighted by Crippen LogP contribution is -2.81. The summed E-state index contributed by atoms with van der Waals surface area (Å²) in [5.41, 5.74) is 1.22. The van der Waals surface area contributed by atoms with Crippen LogP contribution in [0.5, 0.6) is 0 Å². The van der Waals surface area contributed by atoms with Crippen LogP contribution in [-0.4, -0.2) is 105 Å². The first kappa shape index (κ1) is 40.9. The molecule has 2 saturated heterocycles. The molecule has 7 rings (SSSR count). The molecule has 4 heterocycles. The van der Waals surface area contributed by atoms with Crippen LogP contribution >= 0.6 is 11.8 Å². The topological polar surface area (TPSA) is 200 Å². The number of carboxylic acids is 1. The van der Waals surface area contributed by atoms with Crippen molar-refractivity contribution in [3.05, 3.63) is 126 Å². The van der Waals surface area contributed by atoms with E-state index in [4.69, 9.17) is 13.9 Å². The van der Waals surface area contributed by atoms with Gasteiger partial charge in [-0.15, -0.1) is 11.8 Å². The van der Waals surface area contributed by atoms with E-state index >= 15 is 0 Å². The molecule has 6 amide bonds. The predicted octanol–water partition coefficient (Wildman–Crippen LogP) is 5.14. The van der Waals surface area contributed by atoms with Crippen molar-refractivity contribution in [2.24, 2.45) is 5.10 Å². The molecular formula is C41H40N6O10S.